The molecule has 39 heavy (non-hydrogen) atoms. The number of carbonyl (C=O) groups is 1. The minimum Gasteiger partial charge on any atom is -0.424 e. The van der Waals surface area contributed by atoms with Gasteiger partial charge in [-0.3, -0.25) is 4.98 Å². The molecule has 0 aliphatic heterocycles. The fourth-order valence-electron chi connectivity index (χ4n) is 4.88. The molecule has 210 valence electrons. The average molecular weight is 532 g/mol. The molecule has 3 aromatic rings. The number of hydrogen-bond acceptors (Lipinski definition) is 3. The molecule has 4 heteroatoms. The molecule has 0 saturated heterocycles. The van der Waals surface area contributed by atoms with Crippen LogP contribution in [0.15, 0.2) is 66.9 Å². The fourth-order valence-corrected chi connectivity index (χ4v) is 4.88. The van der Waals surface area contributed by atoms with Crippen molar-refractivity contribution >= 4 is 5.97 Å². The second kappa shape index (κ2) is 16.2. The molecule has 1 heterocycles. The molecule has 1 unspecified atom stereocenters. The summed E-state index contributed by atoms with van der Waals surface area (Å²) in [7, 11) is 0. The van der Waals surface area contributed by atoms with E-state index in [0.717, 1.165) is 48.1 Å². The van der Waals surface area contributed by atoms with E-state index in [1.165, 1.54) is 57.4 Å². The van der Waals surface area contributed by atoms with Crippen LogP contribution in [0.5, 0.6) is 5.75 Å². The van der Waals surface area contributed by atoms with E-state index in [9.17, 15) is 9.18 Å². The van der Waals surface area contributed by atoms with Crippen molar-refractivity contribution < 1.29 is 13.9 Å². The van der Waals surface area contributed by atoms with Crippen LogP contribution in [0.2, 0.25) is 0 Å². The molecular formula is C35H46FNO2. The quantitative estimate of drug-likeness (QED) is 0.0988. The molecule has 0 spiro atoms. The monoisotopic (exact) mass is 531 g/mol. The molecule has 0 saturated carbocycles. The lowest BCUT2D eigenvalue weighted by Crippen LogP contribution is -2.34. The molecule has 0 radical (unpaired) electrons. The Morgan fingerprint density at radius 3 is 2.03 bits per heavy atom. The van der Waals surface area contributed by atoms with E-state index in [2.05, 4.69) is 38.1 Å². The summed E-state index contributed by atoms with van der Waals surface area (Å²) in [6.07, 6.45) is 16.1. The normalized spacial score (nSPS) is 12.7. The van der Waals surface area contributed by atoms with Crippen molar-refractivity contribution in [1.82, 2.24) is 4.98 Å². The lowest BCUT2D eigenvalue weighted by atomic mass is 9.96. The maximum Gasteiger partial charge on any atom is 0.348 e. The van der Waals surface area contributed by atoms with Gasteiger partial charge in [0, 0.05) is 11.8 Å². The standard InChI is InChI=1S/C35H46FNO2/c1-4-6-8-10-11-12-13-17-28-20-25-33(37-27-28)32-19-15-14-18-31(32)29-21-23-30(24-22-29)39-34(38)35(3,36)26-16-9-7-5-2/h14-15,18-25,27H,4-13,16-17,26H2,1-3H3. The van der Waals surface area contributed by atoms with Crippen LogP contribution in [0.3, 0.4) is 0 Å². The predicted octanol–water partition coefficient (Wildman–Crippen LogP) is 10.3. The Morgan fingerprint density at radius 1 is 0.769 bits per heavy atom. The van der Waals surface area contributed by atoms with E-state index in [4.69, 9.17) is 9.72 Å². The summed E-state index contributed by atoms with van der Waals surface area (Å²) in [6.45, 7) is 5.68. The highest BCUT2D eigenvalue weighted by Crippen LogP contribution is 2.32. The van der Waals surface area contributed by atoms with Gasteiger partial charge in [0.1, 0.15) is 5.75 Å². The number of aryl methyl sites for hydroxylation is 1. The van der Waals surface area contributed by atoms with Gasteiger partial charge in [-0.2, -0.15) is 0 Å². The number of pyridine rings is 1. The van der Waals surface area contributed by atoms with Crippen LogP contribution < -0.4 is 4.74 Å². The third kappa shape index (κ3) is 9.91. The second-order valence-electron chi connectivity index (χ2n) is 10.9. The van der Waals surface area contributed by atoms with Crippen molar-refractivity contribution in [2.24, 2.45) is 0 Å². The van der Waals surface area contributed by atoms with Gasteiger partial charge in [-0.05, 0) is 67.5 Å². The molecule has 3 rings (SSSR count). The Labute approximate surface area is 235 Å². The summed E-state index contributed by atoms with van der Waals surface area (Å²) in [5.41, 5.74) is 3.32. The average Bonchev–Trinajstić information content (AvgIpc) is 2.95. The highest BCUT2D eigenvalue weighted by Gasteiger charge is 2.34. The van der Waals surface area contributed by atoms with Crippen LogP contribution >= 0.6 is 0 Å². The van der Waals surface area contributed by atoms with E-state index in [-0.39, 0.29) is 6.42 Å². The maximum absolute atomic E-state index is 14.9. The number of halogens is 1. The smallest absolute Gasteiger partial charge is 0.348 e. The van der Waals surface area contributed by atoms with Crippen molar-refractivity contribution in [1.29, 1.82) is 0 Å². The molecule has 0 aliphatic rings. The van der Waals surface area contributed by atoms with E-state index in [1.54, 1.807) is 12.1 Å². The molecule has 1 atom stereocenters. The van der Waals surface area contributed by atoms with Crippen molar-refractivity contribution in [3.63, 3.8) is 0 Å². The molecule has 0 aliphatic carbocycles. The Bertz CT molecular complexity index is 1120. The number of unbranched alkanes of at least 4 members (excludes halogenated alkanes) is 9. The number of alkyl halides is 1. The molecule has 0 fully saturated rings. The zero-order valence-electron chi connectivity index (χ0n) is 24.2. The third-order valence-corrected chi connectivity index (χ3v) is 7.40. The summed E-state index contributed by atoms with van der Waals surface area (Å²) < 4.78 is 20.3. The van der Waals surface area contributed by atoms with Crippen molar-refractivity contribution in [2.75, 3.05) is 0 Å². The molecule has 3 nitrogen and oxygen atoms in total. The van der Waals surface area contributed by atoms with Gasteiger partial charge in [-0.25, -0.2) is 9.18 Å². The second-order valence-corrected chi connectivity index (χ2v) is 10.9. The number of ether oxygens (including phenoxy) is 1. The van der Waals surface area contributed by atoms with Gasteiger partial charge in [-0.15, -0.1) is 0 Å². The molecule has 0 N–H and O–H groups in total. The van der Waals surface area contributed by atoms with Crippen LogP contribution in [-0.4, -0.2) is 16.6 Å². The summed E-state index contributed by atoms with van der Waals surface area (Å²) in [4.78, 5) is 17.2. The minimum atomic E-state index is -1.98. The van der Waals surface area contributed by atoms with E-state index < -0.39 is 11.6 Å². The van der Waals surface area contributed by atoms with Crippen molar-refractivity contribution in [3.05, 3.63) is 72.4 Å². The molecule has 0 bridgehead atoms. The first-order valence-corrected chi connectivity index (χ1v) is 15.0. The van der Waals surface area contributed by atoms with Crippen LogP contribution in [-0.2, 0) is 11.2 Å². The largest absolute Gasteiger partial charge is 0.424 e. The minimum absolute atomic E-state index is 0.183. The predicted molar refractivity (Wildman–Crippen MR) is 161 cm³/mol. The first kappa shape index (κ1) is 30.5. The van der Waals surface area contributed by atoms with Gasteiger partial charge in [0.2, 0.25) is 5.67 Å². The van der Waals surface area contributed by atoms with Crippen molar-refractivity contribution in [2.45, 2.75) is 110 Å². The van der Waals surface area contributed by atoms with Gasteiger partial charge < -0.3 is 4.74 Å². The number of benzene rings is 2. The van der Waals surface area contributed by atoms with Crippen molar-refractivity contribution in [3.8, 4) is 28.1 Å². The molecule has 1 aromatic heterocycles. The lowest BCUT2D eigenvalue weighted by Gasteiger charge is -2.18. The van der Waals surface area contributed by atoms with Gasteiger partial charge >= 0.3 is 5.97 Å². The summed E-state index contributed by atoms with van der Waals surface area (Å²) >= 11 is 0. The Kier molecular flexibility index (Phi) is 12.7. The number of carbonyl (C=O) groups excluding carboxylic acids is 1. The molecule has 0 amide bonds. The highest BCUT2D eigenvalue weighted by atomic mass is 19.1. The Balaban J connectivity index is 1.60. The van der Waals surface area contributed by atoms with Crippen LogP contribution in [0.25, 0.3) is 22.4 Å². The van der Waals surface area contributed by atoms with Gasteiger partial charge in [0.25, 0.3) is 0 Å². The fraction of sp³-hybridized carbons (Fsp3) is 0.486. The molecular weight excluding hydrogens is 485 g/mol. The SMILES string of the molecule is CCCCCCCCCc1ccc(-c2ccccc2-c2ccc(OC(=O)C(C)(F)CCCCCC)cc2)nc1. The lowest BCUT2D eigenvalue weighted by molar-refractivity contribution is -0.147. The van der Waals surface area contributed by atoms with Crippen LogP contribution in [0.4, 0.5) is 4.39 Å². The van der Waals surface area contributed by atoms with Gasteiger partial charge in [0.05, 0.1) is 5.69 Å². The van der Waals surface area contributed by atoms with E-state index >= 15 is 0 Å². The molecule has 2 aromatic carbocycles. The third-order valence-electron chi connectivity index (χ3n) is 7.40. The summed E-state index contributed by atoms with van der Waals surface area (Å²) in [6, 6.07) is 19.8. The van der Waals surface area contributed by atoms with Gasteiger partial charge in [-0.1, -0.05) is 114 Å². The maximum atomic E-state index is 14.9. The number of hydrogen-bond donors (Lipinski definition) is 0. The summed E-state index contributed by atoms with van der Waals surface area (Å²) in [5.74, 6) is -0.473. The Morgan fingerprint density at radius 2 is 1.38 bits per heavy atom. The number of aromatic nitrogens is 1. The van der Waals surface area contributed by atoms with E-state index in [1.807, 2.05) is 30.5 Å². The first-order chi connectivity index (χ1) is 18.9. The zero-order chi connectivity index (χ0) is 27.9. The Hall–Kier alpha value is -3.01. The number of nitrogens with zero attached hydrogens (tertiary/aromatic N) is 1. The topological polar surface area (TPSA) is 39.2 Å². The van der Waals surface area contributed by atoms with Crippen LogP contribution in [0.1, 0.15) is 103 Å². The number of rotatable bonds is 17. The first-order valence-electron chi connectivity index (χ1n) is 15.0. The van der Waals surface area contributed by atoms with Gasteiger partial charge in [0.15, 0.2) is 0 Å². The highest BCUT2D eigenvalue weighted by molar-refractivity contribution is 5.83. The van der Waals surface area contributed by atoms with Crippen LogP contribution in [0, 0.1) is 0 Å². The number of esters is 1. The van der Waals surface area contributed by atoms with E-state index in [0.29, 0.717) is 12.2 Å². The summed E-state index contributed by atoms with van der Waals surface area (Å²) in [5, 5.41) is 0. The zero-order valence-corrected chi connectivity index (χ0v) is 24.2.